The molecule has 4 aromatic carbocycles. The van der Waals surface area contributed by atoms with Crippen LogP contribution < -0.4 is 10.6 Å². The summed E-state index contributed by atoms with van der Waals surface area (Å²) in [5, 5.41) is 8.75. The molecule has 0 aliphatic rings. The zero-order valence-corrected chi connectivity index (χ0v) is 16.4. The van der Waals surface area contributed by atoms with E-state index >= 15 is 0 Å². The fraction of sp³-hybridized carbons (Fsp3) is 0.115. The maximum atomic E-state index is 13.0. The number of anilines is 1. The van der Waals surface area contributed by atoms with E-state index in [0.717, 1.165) is 27.6 Å². The number of amides is 1. The van der Waals surface area contributed by atoms with Gasteiger partial charge in [0.1, 0.15) is 0 Å². The molecule has 29 heavy (non-hydrogen) atoms. The van der Waals surface area contributed by atoms with Crippen LogP contribution in [0.15, 0.2) is 103 Å². The van der Waals surface area contributed by atoms with Crippen LogP contribution in [-0.2, 0) is 4.79 Å². The molecule has 4 aromatic rings. The first-order valence-corrected chi connectivity index (χ1v) is 9.87. The largest absolute Gasteiger partial charge is 0.324 e. The predicted octanol–water partition coefficient (Wildman–Crippen LogP) is 5.55. The Bertz CT molecular complexity index is 1050. The van der Waals surface area contributed by atoms with E-state index in [-0.39, 0.29) is 18.0 Å². The van der Waals surface area contributed by atoms with Crippen molar-refractivity contribution in [3.63, 3.8) is 0 Å². The van der Waals surface area contributed by atoms with Crippen LogP contribution in [0.25, 0.3) is 10.8 Å². The number of nitrogens with one attached hydrogen (secondary N) is 2. The van der Waals surface area contributed by atoms with Crippen molar-refractivity contribution in [2.24, 2.45) is 0 Å². The number of hydrogen-bond acceptors (Lipinski definition) is 2. The van der Waals surface area contributed by atoms with Crippen LogP contribution >= 0.6 is 0 Å². The van der Waals surface area contributed by atoms with Crippen molar-refractivity contribution in [3.8, 4) is 0 Å². The molecule has 2 N–H and O–H groups in total. The van der Waals surface area contributed by atoms with E-state index in [1.807, 2.05) is 85.8 Å². The summed E-state index contributed by atoms with van der Waals surface area (Å²) in [7, 11) is 0. The predicted molar refractivity (Wildman–Crippen MR) is 120 cm³/mol. The Labute approximate surface area is 171 Å². The fourth-order valence-corrected chi connectivity index (χ4v) is 3.58. The Morgan fingerprint density at radius 2 is 1.24 bits per heavy atom. The lowest BCUT2D eigenvalue weighted by Gasteiger charge is -2.24. The molecule has 3 heteroatoms. The van der Waals surface area contributed by atoms with Gasteiger partial charge in [-0.1, -0.05) is 97.1 Å². The zero-order chi connectivity index (χ0) is 20.1. The maximum Gasteiger partial charge on any atom is 0.241 e. The molecular formula is C26H24N2O. The summed E-state index contributed by atoms with van der Waals surface area (Å²) in [6.45, 7) is 1.90. The van der Waals surface area contributed by atoms with Gasteiger partial charge in [-0.05, 0) is 29.5 Å². The Morgan fingerprint density at radius 3 is 1.90 bits per heavy atom. The van der Waals surface area contributed by atoms with Gasteiger partial charge in [-0.2, -0.15) is 0 Å². The van der Waals surface area contributed by atoms with Crippen LogP contribution in [0, 0.1) is 0 Å². The van der Waals surface area contributed by atoms with Crippen LogP contribution in [-0.4, -0.2) is 11.9 Å². The summed E-state index contributed by atoms with van der Waals surface area (Å²) in [6.07, 6.45) is 0. The average molecular weight is 380 g/mol. The van der Waals surface area contributed by atoms with Crippen LogP contribution in [0.4, 0.5) is 5.69 Å². The lowest BCUT2D eigenvalue weighted by atomic mass is 9.98. The first kappa shape index (κ1) is 18.9. The second kappa shape index (κ2) is 8.72. The van der Waals surface area contributed by atoms with Crippen molar-refractivity contribution in [2.45, 2.75) is 19.0 Å². The minimum atomic E-state index is -0.376. The van der Waals surface area contributed by atoms with E-state index in [1.54, 1.807) is 0 Å². The summed E-state index contributed by atoms with van der Waals surface area (Å²) in [5.41, 5.74) is 3.09. The van der Waals surface area contributed by atoms with Gasteiger partial charge in [0.25, 0.3) is 0 Å². The van der Waals surface area contributed by atoms with Crippen LogP contribution in [0.2, 0.25) is 0 Å². The van der Waals surface area contributed by atoms with Crippen LogP contribution in [0.1, 0.15) is 24.1 Å². The van der Waals surface area contributed by atoms with Crippen molar-refractivity contribution in [1.29, 1.82) is 0 Å². The topological polar surface area (TPSA) is 41.1 Å². The second-order valence-corrected chi connectivity index (χ2v) is 7.16. The van der Waals surface area contributed by atoms with Gasteiger partial charge in [0, 0.05) is 11.1 Å². The molecule has 0 fully saturated rings. The van der Waals surface area contributed by atoms with Gasteiger partial charge in [0.05, 0.1) is 12.1 Å². The highest BCUT2D eigenvalue weighted by atomic mass is 16.2. The minimum Gasteiger partial charge on any atom is -0.324 e. The fourth-order valence-electron chi connectivity index (χ4n) is 3.58. The first-order chi connectivity index (χ1) is 14.2. The number of carbonyl (C=O) groups excluding carboxylic acids is 1. The lowest BCUT2D eigenvalue weighted by Crippen LogP contribution is -2.40. The van der Waals surface area contributed by atoms with E-state index in [2.05, 4.69) is 34.9 Å². The zero-order valence-electron chi connectivity index (χ0n) is 16.4. The summed E-state index contributed by atoms with van der Waals surface area (Å²) >= 11 is 0. The van der Waals surface area contributed by atoms with E-state index in [4.69, 9.17) is 0 Å². The summed E-state index contributed by atoms with van der Waals surface area (Å²) < 4.78 is 0. The SMILES string of the molecule is C[C@@H](NC(c1ccccc1)c1ccccc1)C(=O)Nc1cccc2ccccc12. The highest BCUT2D eigenvalue weighted by Crippen LogP contribution is 2.25. The molecule has 3 nitrogen and oxygen atoms in total. The molecule has 0 heterocycles. The quantitative estimate of drug-likeness (QED) is 0.461. The molecule has 0 bridgehead atoms. The van der Waals surface area contributed by atoms with Gasteiger partial charge in [0.2, 0.25) is 5.91 Å². The monoisotopic (exact) mass is 380 g/mol. The van der Waals surface area contributed by atoms with Crippen LogP contribution in [0.5, 0.6) is 0 Å². The molecule has 0 unspecified atom stereocenters. The molecule has 4 rings (SSSR count). The Kier molecular flexibility index (Phi) is 5.68. The molecule has 144 valence electrons. The molecule has 1 amide bonds. The molecule has 1 atom stereocenters. The van der Waals surface area contributed by atoms with Crippen molar-refractivity contribution in [1.82, 2.24) is 5.32 Å². The molecule has 0 saturated carbocycles. The lowest BCUT2D eigenvalue weighted by molar-refractivity contribution is -0.117. The molecular weight excluding hydrogens is 356 g/mol. The van der Waals surface area contributed by atoms with Crippen molar-refractivity contribution in [2.75, 3.05) is 5.32 Å². The minimum absolute atomic E-state index is 0.0572. The third-order valence-corrected chi connectivity index (χ3v) is 5.12. The number of carbonyl (C=O) groups is 1. The number of rotatable bonds is 6. The second-order valence-electron chi connectivity index (χ2n) is 7.16. The number of hydrogen-bond donors (Lipinski definition) is 2. The standard InChI is InChI=1S/C26H24N2O/c1-19(26(29)28-24-18-10-16-20-11-8-9-17-23(20)24)27-25(21-12-4-2-5-13-21)22-14-6-3-7-15-22/h2-19,25,27H,1H3,(H,28,29)/t19-/m1/s1. The van der Waals surface area contributed by atoms with Gasteiger partial charge < -0.3 is 5.32 Å². The average Bonchev–Trinajstić information content (AvgIpc) is 2.78. The first-order valence-electron chi connectivity index (χ1n) is 9.87. The summed E-state index contributed by atoms with van der Waals surface area (Å²) in [6, 6.07) is 34.0. The van der Waals surface area contributed by atoms with Crippen molar-refractivity contribution < 1.29 is 4.79 Å². The van der Waals surface area contributed by atoms with E-state index in [0.29, 0.717) is 0 Å². The maximum absolute atomic E-state index is 13.0. The summed E-state index contributed by atoms with van der Waals surface area (Å²) in [4.78, 5) is 13.0. The Hall–Kier alpha value is -3.43. The third kappa shape index (κ3) is 4.36. The Balaban J connectivity index is 1.56. The number of fused-ring (bicyclic) bond motifs is 1. The van der Waals surface area contributed by atoms with Crippen molar-refractivity contribution >= 4 is 22.4 Å². The van der Waals surface area contributed by atoms with Gasteiger partial charge in [-0.15, -0.1) is 0 Å². The van der Waals surface area contributed by atoms with Gasteiger partial charge in [-0.25, -0.2) is 0 Å². The third-order valence-electron chi connectivity index (χ3n) is 5.12. The molecule has 0 aliphatic carbocycles. The smallest absolute Gasteiger partial charge is 0.241 e. The number of benzene rings is 4. The van der Waals surface area contributed by atoms with Gasteiger partial charge in [-0.3, -0.25) is 10.1 Å². The highest BCUT2D eigenvalue weighted by Gasteiger charge is 2.21. The van der Waals surface area contributed by atoms with Crippen molar-refractivity contribution in [3.05, 3.63) is 114 Å². The van der Waals surface area contributed by atoms with Crippen LogP contribution in [0.3, 0.4) is 0 Å². The molecule has 0 aromatic heterocycles. The molecule has 0 spiro atoms. The normalized spacial score (nSPS) is 12.1. The van der Waals surface area contributed by atoms with E-state index < -0.39 is 0 Å². The van der Waals surface area contributed by atoms with E-state index in [1.165, 1.54) is 0 Å². The van der Waals surface area contributed by atoms with E-state index in [9.17, 15) is 4.79 Å². The highest BCUT2D eigenvalue weighted by molar-refractivity contribution is 6.03. The molecule has 0 radical (unpaired) electrons. The molecule has 0 saturated heterocycles. The Morgan fingerprint density at radius 1 is 0.690 bits per heavy atom. The molecule has 0 aliphatic heterocycles. The van der Waals surface area contributed by atoms with Gasteiger partial charge >= 0.3 is 0 Å². The summed E-state index contributed by atoms with van der Waals surface area (Å²) in [5.74, 6) is -0.0572. The van der Waals surface area contributed by atoms with Gasteiger partial charge in [0.15, 0.2) is 0 Å².